The van der Waals surface area contributed by atoms with E-state index in [9.17, 15) is 4.39 Å². The molecule has 3 aromatic rings. The molecule has 1 saturated heterocycles. The molecule has 0 bridgehead atoms. The van der Waals surface area contributed by atoms with Gasteiger partial charge in [-0.3, -0.25) is 19.6 Å². The third-order valence-electron chi connectivity index (χ3n) is 7.41. The third kappa shape index (κ3) is 4.46. The normalized spacial score (nSPS) is 23.1. The van der Waals surface area contributed by atoms with Gasteiger partial charge < -0.3 is 9.72 Å². The summed E-state index contributed by atoms with van der Waals surface area (Å²) in [7, 11) is 0. The van der Waals surface area contributed by atoms with Crippen LogP contribution in [0.3, 0.4) is 0 Å². The smallest absolute Gasteiger partial charge is 0.138 e. The molecule has 2 unspecified atom stereocenters. The zero-order valence-electron chi connectivity index (χ0n) is 20.4. The number of nitrogens with zero attached hydrogens (tertiary/aromatic N) is 2. The Morgan fingerprint density at radius 2 is 2.00 bits per heavy atom. The van der Waals surface area contributed by atoms with Crippen molar-refractivity contribution in [2.24, 2.45) is 0 Å². The van der Waals surface area contributed by atoms with Crippen LogP contribution in [0.15, 0.2) is 42.6 Å². The number of hydrogen-bond acceptors (Lipinski definition) is 4. The number of halogens is 1. The number of alkyl halides is 1. The van der Waals surface area contributed by atoms with Crippen LogP contribution in [0.4, 0.5) is 4.39 Å². The Bertz CT molecular complexity index is 1090. The van der Waals surface area contributed by atoms with E-state index in [-0.39, 0.29) is 18.3 Å². The third-order valence-corrected chi connectivity index (χ3v) is 7.41. The molecule has 2 aromatic heterocycles. The average molecular weight is 465 g/mol. The van der Waals surface area contributed by atoms with Crippen molar-refractivity contribution in [3.8, 4) is 5.75 Å². The van der Waals surface area contributed by atoms with Crippen LogP contribution < -0.4 is 10.1 Å². The van der Waals surface area contributed by atoms with Crippen LogP contribution in [-0.2, 0) is 12.0 Å². The lowest BCUT2D eigenvalue weighted by Crippen LogP contribution is -2.54. The Kier molecular flexibility index (Phi) is 6.89. The summed E-state index contributed by atoms with van der Waals surface area (Å²) in [5.41, 5.74) is 4.60. The van der Waals surface area contributed by atoms with Gasteiger partial charge in [0.05, 0.1) is 18.6 Å². The van der Waals surface area contributed by atoms with Crippen molar-refractivity contribution in [2.75, 3.05) is 26.3 Å². The van der Waals surface area contributed by atoms with E-state index in [1.165, 1.54) is 35.0 Å². The first kappa shape index (κ1) is 23.3. The summed E-state index contributed by atoms with van der Waals surface area (Å²) in [6.45, 7) is 6.81. The van der Waals surface area contributed by atoms with Gasteiger partial charge in [0.2, 0.25) is 0 Å². The van der Waals surface area contributed by atoms with Crippen LogP contribution in [0.1, 0.15) is 62.9 Å². The summed E-state index contributed by atoms with van der Waals surface area (Å²) in [5.74, 6) is 0.809. The molecule has 2 atom stereocenters. The minimum atomic E-state index is -0.334. The molecule has 34 heavy (non-hydrogen) atoms. The van der Waals surface area contributed by atoms with E-state index >= 15 is 0 Å². The van der Waals surface area contributed by atoms with Gasteiger partial charge in [0, 0.05) is 42.3 Å². The molecular weight excluding hydrogens is 427 g/mol. The summed E-state index contributed by atoms with van der Waals surface area (Å²) < 4.78 is 18.5. The van der Waals surface area contributed by atoms with Crippen LogP contribution in [0, 0.1) is 0 Å². The minimum Gasteiger partial charge on any atom is -0.486 e. The number of rotatable bonds is 10. The fourth-order valence-electron chi connectivity index (χ4n) is 5.75. The number of benzene rings is 1. The molecule has 4 heterocycles. The lowest BCUT2D eigenvalue weighted by atomic mass is 9.78. The largest absolute Gasteiger partial charge is 0.486 e. The van der Waals surface area contributed by atoms with Gasteiger partial charge in [0.1, 0.15) is 17.4 Å². The van der Waals surface area contributed by atoms with Crippen LogP contribution in [0.2, 0.25) is 0 Å². The Morgan fingerprint density at radius 1 is 1.15 bits per heavy atom. The topological polar surface area (TPSA) is 53.2 Å². The zero-order valence-corrected chi connectivity index (χ0v) is 20.4. The highest BCUT2D eigenvalue weighted by Gasteiger charge is 2.43. The number of pyridine rings is 1. The number of unbranched alkanes of at least 4 members (excludes halogenated alkanes) is 2. The molecular formula is C28H37FN4O. The Hall–Kier alpha value is -2.44. The number of nitrogens with one attached hydrogen (secondary N) is 2. The number of ether oxygens (including phenoxy) is 1. The SMILES string of the molecule is CCCCCC1(c2ccc(OC3CN(CCCF)C3)cn2)NC(C)Cc2c1[nH]c1ccccc21. The Labute approximate surface area is 202 Å². The Morgan fingerprint density at radius 3 is 2.76 bits per heavy atom. The summed E-state index contributed by atoms with van der Waals surface area (Å²) in [6.07, 6.45) is 8.20. The van der Waals surface area contributed by atoms with Crippen molar-refractivity contribution in [3.05, 3.63) is 59.5 Å². The van der Waals surface area contributed by atoms with Gasteiger partial charge in [-0.2, -0.15) is 0 Å². The molecule has 0 amide bonds. The molecule has 1 aromatic carbocycles. The van der Waals surface area contributed by atoms with Crippen molar-refractivity contribution in [1.82, 2.24) is 20.2 Å². The molecule has 1 fully saturated rings. The predicted molar refractivity (Wildman–Crippen MR) is 135 cm³/mol. The highest BCUT2D eigenvalue weighted by atomic mass is 19.1. The van der Waals surface area contributed by atoms with Gasteiger partial charge in [-0.25, -0.2) is 0 Å². The van der Waals surface area contributed by atoms with Crippen molar-refractivity contribution in [1.29, 1.82) is 0 Å². The van der Waals surface area contributed by atoms with E-state index < -0.39 is 0 Å². The number of fused-ring (bicyclic) bond motifs is 3. The van der Waals surface area contributed by atoms with Gasteiger partial charge in [-0.05, 0) is 49.9 Å². The zero-order chi connectivity index (χ0) is 23.5. The van der Waals surface area contributed by atoms with Crippen molar-refractivity contribution < 1.29 is 9.13 Å². The highest BCUT2D eigenvalue weighted by Crippen LogP contribution is 2.42. The standard InChI is InChI=1S/C28H37FN4O/c1-3-4-7-13-28(27-24(16-20(2)32-28)23-9-5-6-10-25(23)31-27)26-12-11-21(17-30-26)34-22-18-33(19-22)15-8-14-29/h5-6,9-12,17,20,22,31-32H,3-4,7-8,13-16,18-19H2,1-2H3. The quantitative estimate of drug-likeness (QED) is 0.398. The second-order valence-electron chi connectivity index (χ2n) is 10.1. The molecule has 5 nitrogen and oxygen atoms in total. The van der Waals surface area contributed by atoms with E-state index in [0.29, 0.717) is 12.5 Å². The van der Waals surface area contributed by atoms with Crippen molar-refractivity contribution in [3.63, 3.8) is 0 Å². The fraction of sp³-hybridized carbons (Fsp3) is 0.536. The summed E-state index contributed by atoms with van der Waals surface area (Å²) in [5, 5.41) is 5.29. The molecule has 6 heteroatoms. The maximum atomic E-state index is 12.4. The summed E-state index contributed by atoms with van der Waals surface area (Å²) in [4.78, 5) is 11.0. The van der Waals surface area contributed by atoms with Crippen molar-refractivity contribution in [2.45, 2.75) is 70.1 Å². The first-order chi connectivity index (χ1) is 16.6. The predicted octanol–water partition coefficient (Wildman–Crippen LogP) is 5.34. The van der Waals surface area contributed by atoms with Gasteiger partial charge in [0.15, 0.2) is 0 Å². The van der Waals surface area contributed by atoms with Gasteiger partial charge in [0.25, 0.3) is 0 Å². The molecule has 0 saturated carbocycles. The number of para-hydroxylation sites is 1. The van der Waals surface area contributed by atoms with Gasteiger partial charge in [-0.15, -0.1) is 0 Å². The molecule has 0 spiro atoms. The molecule has 2 aliphatic rings. The van der Waals surface area contributed by atoms with Gasteiger partial charge >= 0.3 is 0 Å². The summed E-state index contributed by atoms with van der Waals surface area (Å²) >= 11 is 0. The lowest BCUT2D eigenvalue weighted by molar-refractivity contribution is 0.0182. The number of hydrogen-bond donors (Lipinski definition) is 2. The molecule has 0 aliphatic carbocycles. The second kappa shape index (κ2) is 10.0. The first-order valence-electron chi connectivity index (χ1n) is 12.9. The Balaban J connectivity index is 1.42. The van der Waals surface area contributed by atoms with Crippen LogP contribution in [0.5, 0.6) is 5.75 Å². The van der Waals surface area contributed by atoms with Gasteiger partial charge in [-0.1, -0.05) is 44.4 Å². The van der Waals surface area contributed by atoms with E-state index in [4.69, 9.17) is 9.72 Å². The van der Waals surface area contributed by atoms with Crippen molar-refractivity contribution >= 4 is 10.9 Å². The molecule has 2 N–H and O–H groups in total. The molecule has 182 valence electrons. The monoisotopic (exact) mass is 464 g/mol. The fourth-order valence-corrected chi connectivity index (χ4v) is 5.75. The van der Waals surface area contributed by atoms with E-state index in [1.807, 2.05) is 6.20 Å². The average Bonchev–Trinajstić information content (AvgIpc) is 3.20. The minimum absolute atomic E-state index is 0.166. The molecule has 2 aliphatic heterocycles. The maximum Gasteiger partial charge on any atom is 0.138 e. The number of likely N-dealkylation sites (tertiary alicyclic amines) is 1. The first-order valence-corrected chi connectivity index (χ1v) is 12.9. The maximum absolute atomic E-state index is 12.4. The van der Waals surface area contributed by atoms with E-state index in [2.05, 4.69) is 65.4 Å². The second-order valence-corrected chi connectivity index (χ2v) is 10.1. The van der Waals surface area contributed by atoms with Crippen LogP contribution in [-0.4, -0.2) is 53.3 Å². The number of aromatic amines is 1. The lowest BCUT2D eigenvalue weighted by Gasteiger charge is -2.41. The highest BCUT2D eigenvalue weighted by molar-refractivity contribution is 5.85. The number of H-pyrrole nitrogens is 1. The van der Waals surface area contributed by atoms with Crippen LogP contribution >= 0.6 is 0 Å². The van der Waals surface area contributed by atoms with Crippen LogP contribution in [0.25, 0.3) is 10.9 Å². The molecule has 5 rings (SSSR count). The van der Waals surface area contributed by atoms with E-state index in [0.717, 1.165) is 50.3 Å². The molecule has 0 radical (unpaired) electrons. The summed E-state index contributed by atoms with van der Waals surface area (Å²) in [6, 6.07) is 13.2. The van der Waals surface area contributed by atoms with E-state index in [1.54, 1.807) is 0 Å². The number of aromatic nitrogens is 2.